The lowest BCUT2D eigenvalue weighted by Crippen LogP contribution is -2.29. The van der Waals surface area contributed by atoms with Gasteiger partial charge in [0.2, 0.25) is 12.2 Å². The summed E-state index contributed by atoms with van der Waals surface area (Å²) in [5.74, 6) is -1.06. The first-order chi connectivity index (χ1) is 9.15. The maximum atomic E-state index is 11.5. The Morgan fingerprint density at radius 1 is 0.842 bits per heavy atom. The van der Waals surface area contributed by atoms with Crippen molar-refractivity contribution in [3.63, 3.8) is 0 Å². The summed E-state index contributed by atoms with van der Waals surface area (Å²) in [6, 6.07) is 3.98. The van der Waals surface area contributed by atoms with Crippen molar-refractivity contribution in [3.05, 3.63) is 30.4 Å². The van der Waals surface area contributed by atoms with Crippen LogP contribution in [0.25, 0.3) is 0 Å². The normalized spacial score (nSPS) is 13.2. The molecule has 1 aliphatic heterocycles. The molecular formula is C12H5N3O4. The zero-order valence-electron chi connectivity index (χ0n) is 9.36. The molecule has 0 saturated carbocycles. The molecule has 0 atom stereocenters. The number of rotatable bonds is 3. The first-order valence-electron chi connectivity index (χ1n) is 5.02. The lowest BCUT2D eigenvalue weighted by molar-refractivity contribution is -0.119. The number of isocyanates is 2. The van der Waals surface area contributed by atoms with Crippen LogP contribution < -0.4 is 4.90 Å². The molecule has 2 amide bonds. The van der Waals surface area contributed by atoms with Crippen molar-refractivity contribution >= 4 is 41.0 Å². The highest BCUT2D eigenvalue weighted by Crippen LogP contribution is 2.30. The minimum atomic E-state index is -0.529. The van der Waals surface area contributed by atoms with Crippen LogP contribution >= 0.6 is 0 Å². The Labute approximate surface area is 106 Å². The van der Waals surface area contributed by atoms with Gasteiger partial charge >= 0.3 is 0 Å². The Morgan fingerprint density at radius 3 is 1.74 bits per heavy atom. The molecule has 19 heavy (non-hydrogen) atoms. The topological polar surface area (TPSA) is 96.2 Å². The van der Waals surface area contributed by atoms with Crippen molar-refractivity contribution in [3.8, 4) is 0 Å². The van der Waals surface area contributed by atoms with Gasteiger partial charge in [0.25, 0.3) is 11.8 Å². The summed E-state index contributed by atoms with van der Waals surface area (Å²) in [7, 11) is 0. The van der Waals surface area contributed by atoms with E-state index in [2.05, 4.69) is 9.98 Å². The molecule has 1 aromatic carbocycles. The summed E-state index contributed by atoms with van der Waals surface area (Å²) in [5.41, 5.74) is 0.397. The van der Waals surface area contributed by atoms with Gasteiger partial charge in [-0.25, -0.2) is 14.5 Å². The Balaban J connectivity index is 2.56. The van der Waals surface area contributed by atoms with Crippen LogP contribution in [0.2, 0.25) is 0 Å². The third-order valence-electron chi connectivity index (χ3n) is 2.30. The van der Waals surface area contributed by atoms with E-state index in [1.165, 1.54) is 30.4 Å². The van der Waals surface area contributed by atoms with Crippen molar-refractivity contribution in [1.82, 2.24) is 0 Å². The number of carbonyl (C=O) groups is 2. The van der Waals surface area contributed by atoms with Gasteiger partial charge in [0.05, 0.1) is 17.1 Å². The van der Waals surface area contributed by atoms with Crippen molar-refractivity contribution in [1.29, 1.82) is 0 Å². The minimum Gasteiger partial charge on any atom is -0.269 e. The summed E-state index contributed by atoms with van der Waals surface area (Å²) in [6.07, 6.45) is 4.87. The lowest BCUT2D eigenvalue weighted by atomic mass is 10.2. The van der Waals surface area contributed by atoms with Crippen LogP contribution in [0, 0.1) is 0 Å². The zero-order chi connectivity index (χ0) is 13.8. The number of amides is 2. The number of benzene rings is 1. The molecule has 0 spiro atoms. The molecule has 0 unspecified atom stereocenters. The SMILES string of the molecule is O=C=Nc1cc(N=C=O)cc(N2C(=O)C=CC2=O)c1. The van der Waals surface area contributed by atoms with E-state index in [0.717, 1.165) is 17.1 Å². The summed E-state index contributed by atoms with van der Waals surface area (Å²) < 4.78 is 0. The first kappa shape index (κ1) is 12.3. The van der Waals surface area contributed by atoms with E-state index in [0.29, 0.717) is 0 Å². The van der Waals surface area contributed by atoms with E-state index in [-0.39, 0.29) is 17.1 Å². The Hall–Kier alpha value is -3.14. The minimum absolute atomic E-state index is 0.119. The Morgan fingerprint density at radius 2 is 1.32 bits per heavy atom. The maximum absolute atomic E-state index is 11.5. The number of aliphatic imine (C=N–C) groups is 2. The van der Waals surface area contributed by atoms with Crippen LogP contribution in [0.15, 0.2) is 40.3 Å². The van der Waals surface area contributed by atoms with Gasteiger partial charge in [0, 0.05) is 12.2 Å². The van der Waals surface area contributed by atoms with Gasteiger partial charge in [-0.3, -0.25) is 9.59 Å². The largest absolute Gasteiger partial charge is 0.269 e. The molecule has 0 aliphatic carbocycles. The van der Waals surface area contributed by atoms with Crippen molar-refractivity contribution < 1.29 is 19.2 Å². The van der Waals surface area contributed by atoms with E-state index in [9.17, 15) is 19.2 Å². The fraction of sp³-hybridized carbons (Fsp3) is 0. The molecule has 92 valence electrons. The number of hydrogen-bond donors (Lipinski definition) is 0. The number of imide groups is 1. The second-order valence-electron chi connectivity index (χ2n) is 3.46. The van der Waals surface area contributed by atoms with Crippen LogP contribution in [0.5, 0.6) is 0 Å². The average Bonchev–Trinajstić information content (AvgIpc) is 2.69. The molecule has 0 N–H and O–H groups in total. The number of hydrogen-bond acceptors (Lipinski definition) is 6. The van der Waals surface area contributed by atoms with Gasteiger partial charge in [-0.05, 0) is 18.2 Å². The molecule has 0 fully saturated rings. The van der Waals surface area contributed by atoms with Crippen LogP contribution in [0.1, 0.15) is 0 Å². The molecule has 7 nitrogen and oxygen atoms in total. The van der Waals surface area contributed by atoms with Crippen molar-refractivity contribution in [2.75, 3.05) is 4.90 Å². The van der Waals surface area contributed by atoms with Crippen molar-refractivity contribution in [2.24, 2.45) is 9.98 Å². The third-order valence-corrected chi connectivity index (χ3v) is 2.30. The molecule has 1 aliphatic rings. The highest BCUT2D eigenvalue weighted by Gasteiger charge is 2.25. The summed E-state index contributed by atoms with van der Waals surface area (Å²) in [4.78, 5) is 51.1. The van der Waals surface area contributed by atoms with Gasteiger partial charge in [0.1, 0.15) is 0 Å². The van der Waals surface area contributed by atoms with Crippen LogP contribution in [0.3, 0.4) is 0 Å². The van der Waals surface area contributed by atoms with E-state index < -0.39 is 11.8 Å². The second kappa shape index (κ2) is 5.01. The lowest BCUT2D eigenvalue weighted by Gasteiger charge is -2.14. The monoisotopic (exact) mass is 255 g/mol. The van der Waals surface area contributed by atoms with Gasteiger partial charge in [0.15, 0.2) is 0 Å². The first-order valence-corrected chi connectivity index (χ1v) is 5.02. The predicted octanol–water partition coefficient (Wildman–Crippen LogP) is 1.05. The van der Waals surface area contributed by atoms with E-state index in [1.807, 2.05) is 0 Å². The Kier molecular flexibility index (Phi) is 3.25. The zero-order valence-corrected chi connectivity index (χ0v) is 9.36. The third kappa shape index (κ3) is 2.42. The molecule has 0 saturated heterocycles. The molecule has 0 radical (unpaired) electrons. The fourth-order valence-electron chi connectivity index (χ4n) is 1.60. The van der Waals surface area contributed by atoms with Crippen LogP contribution in [-0.2, 0) is 19.2 Å². The van der Waals surface area contributed by atoms with Gasteiger partial charge in [-0.2, -0.15) is 9.98 Å². The molecule has 0 bridgehead atoms. The predicted molar refractivity (Wildman–Crippen MR) is 63.6 cm³/mol. The molecule has 1 aromatic rings. The van der Waals surface area contributed by atoms with Crippen molar-refractivity contribution in [2.45, 2.75) is 0 Å². The quantitative estimate of drug-likeness (QED) is 0.458. The number of nitrogens with zero attached hydrogens (tertiary/aromatic N) is 3. The summed E-state index contributed by atoms with van der Waals surface area (Å²) in [5, 5.41) is 0. The molecule has 2 rings (SSSR count). The Bertz CT molecular complexity index is 641. The number of anilines is 1. The smallest absolute Gasteiger partial charge is 0.258 e. The maximum Gasteiger partial charge on any atom is 0.258 e. The second-order valence-corrected chi connectivity index (χ2v) is 3.46. The standard InChI is InChI=1S/C12H5N3O4/c16-6-13-8-3-9(14-7-17)5-10(4-8)15-11(18)1-2-12(15)19/h1-5H. The van der Waals surface area contributed by atoms with Crippen LogP contribution in [-0.4, -0.2) is 24.0 Å². The van der Waals surface area contributed by atoms with Gasteiger partial charge in [-0.15, -0.1) is 0 Å². The highest BCUT2D eigenvalue weighted by atomic mass is 16.2. The molecule has 0 aromatic heterocycles. The molecule has 1 heterocycles. The molecular weight excluding hydrogens is 250 g/mol. The van der Waals surface area contributed by atoms with E-state index >= 15 is 0 Å². The summed E-state index contributed by atoms with van der Waals surface area (Å²) >= 11 is 0. The number of carbonyl (C=O) groups excluding carboxylic acids is 4. The van der Waals surface area contributed by atoms with E-state index in [1.54, 1.807) is 0 Å². The van der Waals surface area contributed by atoms with E-state index in [4.69, 9.17) is 0 Å². The summed E-state index contributed by atoms with van der Waals surface area (Å²) in [6.45, 7) is 0. The molecule has 7 heteroatoms. The van der Waals surface area contributed by atoms with Gasteiger partial charge in [-0.1, -0.05) is 0 Å². The highest BCUT2D eigenvalue weighted by molar-refractivity contribution is 6.28. The van der Waals surface area contributed by atoms with Gasteiger partial charge < -0.3 is 0 Å². The average molecular weight is 255 g/mol. The fourth-order valence-corrected chi connectivity index (χ4v) is 1.60. The van der Waals surface area contributed by atoms with Crippen LogP contribution in [0.4, 0.5) is 17.1 Å².